The third-order valence-electron chi connectivity index (χ3n) is 16.3. The second-order valence-corrected chi connectivity index (χ2v) is 23.3. The van der Waals surface area contributed by atoms with Gasteiger partial charge in [0.05, 0.1) is 26.2 Å². The number of hydrogen-bond acceptors (Lipinski definition) is 9. The Labute approximate surface area is 443 Å². The fourth-order valence-corrected chi connectivity index (χ4v) is 12.9. The van der Waals surface area contributed by atoms with Crippen LogP contribution in [0.15, 0.2) is 24.3 Å². The van der Waals surface area contributed by atoms with E-state index in [2.05, 4.69) is 63.8 Å². The maximum Gasteiger partial charge on any atom is 0.305 e. The van der Waals surface area contributed by atoms with Gasteiger partial charge in [-0.25, -0.2) is 0 Å². The molecule has 9 heteroatoms. The molecule has 4 atom stereocenters. The fourth-order valence-electron chi connectivity index (χ4n) is 12.9. The Morgan fingerprint density at radius 2 is 0.833 bits per heavy atom. The maximum absolute atomic E-state index is 13.7. The van der Waals surface area contributed by atoms with Crippen molar-refractivity contribution < 1.29 is 38.1 Å². The highest BCUT2D eigenvalue weighted by Gasteiger charge is 2.64. The molecule has 9 nitrogen and oxygen atoms in total. The highest BCUT2D eigenvalue weighted by atomic mass is 16.7. The molecule has 0 aromatic rings. The van der Waals surface area contributed by atoms with Gasteiger partial charge in [0.25, 0.3) is 0 Å². The first-order valence-corrected chi connectivity index (χ1v) is 30.9. The number of ether oxygens (including phenoxy) is 5. The Morgan fingerprint density at radius 3 is 1.29 bits per heavy atom. The summed E-state index contributed by atoms with van der Waals surface area (Å²) in [6, 6.07) is 0. The van der Waals surface area contributed by atoms with E-state index in [1.165, 1.54) is 116 Å². The Hall–Kier alpha value is -2.23. The molecule has 0 aliphatic heterocycles. The number of allylic oxidation sites excluding steroid dienone is 4. The zero-order valence-electron chi connectivity index (χ0n) is 47.7. The molecule has 0 saturated heterocycles. The number of rotatable bonds is 49. The number of esters is 3. The highest BCUT2D eigenvalue weighted by Crippen LogP contribution is 2.70. The lowest BCUT2D eigenvalue weighted by Gasteiger charge is -2.66. The number of carbonyl (C=O) groups is 3. The summed E-state index contributed by atoms with van der Waals surface area (Å²) in [6.07, 6.45) is 49.4. The van der Waals surface area contributed by atoms with Crippen LogP contribution < -0.4 is 0 Å². The molecule has 0 spiro atoms. The SMILES string of the molecule is CCCCC/C=C\C/C=C\CCCCCCCC(=O)OCC12CC3CC(COC(=O)CCCN(CC)CC)(C1)CC(COC(=O)CCC(OCCCCCCCCCC)OCCCCCCCCCC)(C3)C2. The molecule has 0 aromatic heterocycles. The van der Waals surface area contributed by atoms with E-state index in [0.29, 0.717) is 58.2 Å². The van der Waals surface area contributed by atoms with E-state index in [1.807, 2.05) is 0 Å². The average molecular weight is 1010 g/mol. The Bertz CT molecular complexity index is 1420. The number of nitrogens with zero attached hydrogens (tertiary/aromatic N) is 1. The van der Waals surface area contributed by atoms with Crippen LogP contribution in [-0.2, 0) is 38.1 Å². The minimum Gasteiger partial charge on any atom is -0.465 e. The van der Waals surface area contributed by atoms with Crippen LogP contribution in [0, 0.1) is 22.2 Å². The molecule has 4 aliphatic carbocycles. The van der Waals surface area contributed by atoms with Gasteiger partial charge in [-0.2, -0.15) is 0 Å². The molecule has 0 heterocycles. The minimum atomic E-state index is -0.404. The van der Waals surface area contributed by atoms with E-state index in [4.69, 9.17) is 23.7 Å². The molecule has 0 aromatic carbocycles. The van der Waals surface area contributed by atoms with Crippen molar-refractivity contribution in [3.63, 3.8) is 0 Å². The predicted molar refractivity (Wildman–Crippen MR) is 298 cm³/mol. The maximum atomic E-state index is 13.7. The van der Waals surface area contributed by atoms with Crippen molar-refractivity contribution in [1.82, 2.24) is 4.90 Å². The van der Waals surface area contributed by atoms with Gasteiger partial charge in [-0.3, -0.25) is 14.4 Å². The molecule has 4 saturated carbocycles. The van der Waals surface area contributed by atoms with Crippen LogP contribution in [0.4, 0.5) is 0 Å². The summed E-state index contributed by atoms with van der Waals surface area (Å²) in [7, 11) is 0. The lowest BCUT2D eigenvalue weighted by atomic mass is 9.40. The lowest BCUT2D eigenvalue weighted by molar-refractivity contribution is -0.213. The van der Waals surface area contributed by atoms with E-state index in [1.54, 1.807) is 0 Å². The van der Waals surface area contributed by atoms with Crippen LogP contribution in [0.5, 0.6) is 0 Å². The summed E-state index contributed by atoms with van der Waals surface area (Å²) in [6.45, 7) is 16.4. The first-order valence-electron chi connectivity index (χ1n) is 30.9. The summed E-state index contributed by atoms with van der Waals surface area (Å²) >= 11 is 0. The summed E-state index contributed by atoms with van der Waals surface area (Å²) in [5.41, 5.74) is -0.631. The van der Waals surface area contributed by atoms with Crippen molar-refractivity contribution in [2.75, 3.05) is 52.7 Å². The van der Waals surface area contributed by atoms with Crippen molar-refractivity contribution in [2.45, 2.75) is 285 Å². The summed E-state index contributed by atoms with van der Waals surface area (Å²) in [5, 5.41) is 0. The fraction of sp³-hybridized carbons (Fsp3) is 0.889. The quantitative estimate of drug-likeness (QED) is 0.0194. The first-order chi connectivity index (χ1) is 35.1. The standard InChI is InChI=1S/C63H113NO8/c1-6-11-14-17-20-23-24-25-26-27-28-29-30-33-36-40-57(65)70-53-61-47-56-48-62(50-61,54-71-58(66)41-39-44-64(9-4)10-5)52-63(49-56,51-61)55-72-59(67)42-43-60(68-45-37-34-31-21-18-15-12-7-2)69-46-38-35-32-22-19-16-13-8-3/h20,23,25-26,56,60H,6-19,21-22,24,27-55H2,1-5H3/b23-20-,26-25-. The van der Waals surface area contributed by atoms with Crippen LogP contribution in [0.1, 0.15) is 279 Å². The van der Waals surface area contributed by atoms with Crippen molar-refractivity contribution in [2.24, 2.45) is 22.2 Å². The van der Waals surface area contributed by atoms with Crippen LogP contribution in [0.2, 0.25) is 0 Å². The second kappa shape index (κ2) is 40.1. The molecular weight excluding hydrogens is 899 g/mol. The number of hydrogen-bond donors (Lipinski definition) is 0. The minimum absolute atomic E-state index is 0.102. The van der Waals surface area contributed by atoms with E-state index in [9.17, 15) is 14.4 Å². The van der Waals surface area contributed by atoms with Gasteiger partial charge in [0.15, 0.2) is 6.29 Å². The van der Waals surface area contributed by atoms with Crippen molar-refractivity contribution >= 4 is 17.9 Å². The van der Waals surface area contributed by atoms with Crippen molar-refractivity contribution in [3.05, 3.63) is 24.3 Å². The van der Waals surface area contributed by atoms with E-state index in [0.717, 1.165) is 122 Å². The molecule has 4 bridgehead atoms. The zero-order valence-corrected chi connectivity index (χ0v) is 47.7. The second-order valence-electron chi connectivity index (χ2n) is 23.3. The third kappa shape index (κ3) is 28.6. The third-order valence-corrected chi connectivity index (χ3v) is 16.3. The van der Waals surface area contributed by atoms with E-state index >= 15 is 0 Å². The number of unbranched alkanes of at least 4 members (excludes halogenated alkanes) is 22. The smallest absolute Gasteiger partial charge is 0.305 e. The van der Waals surface area contributed by atoms with Crippen LogP contribution in [0.3, 0.4) is 0 Å². The first kappa shape index (κ1) is 64.1. The van der Waals surface area contributed by atoms with Crippen LogP contribution in [0.25, 0.3) is 0 Å². The molecular formula is C63H113NO8. The Balaban J connectivity index is 1.53. The normalized spacial score (nSPS) is 21.5. The molecule has 4 unspecified atom stereocenters. The van der Waals surface area contributed by atoms with Gasteiger partial charge in [-0.1, -0.05) is 181 Å². The molecule has 4 fully saturated rings. The van der Waals surface area contributed by atoms with Gasteiger partial charge in [0.2, 0.25) is 0 Å². The van der Waals surface area contributed by atoms with E-state index in [-0.39, 0.29) is 40.6 Å². The van der Waals surface area contributed by atoms with Crippen molar-refractivity contribution in [1.29, 1.82) is 0 Å². The zero-order chi connectivity index (χ0) is 51.9. The van der Waals surface area contributed by atoms with Gasteiger partial charge >= 0.3 is 17.9 Å². The van der Waals surface area contributed by atoms with Crippen LogP contribution in [-0.4, -0.2) is 81.8 Å². The molecule has 4 aliphatic rings. The van der Waals surface area contributed by atoms with Gasteiger partial charge < -0.3 is 28.6 Å². The van der Waals surface area contributed by atoms with Gasteiger partial charge in [-0.15, -0.1) is 0 Å². The summed E-state index contributed by atoms with van der Waals surface area (Å²) in [5.74, 6) is -0.0103. The molecule has 0 radical (unpaired) electrons. The van der Waals surface area contributed by atoms with E-state index < -0.39 is 6.29 Å². The Kier molecular flexibility index (Phi) is 35.7. The predicted octanol–water partition coefficient (Wildman–Crippen LogP) is 16.9. The molecule has 0 amide bonds. The van der Waals surface area contributed by atoms with Gasteiger partial charge in [-0.05, 0) is 122 Å². The average Bonchev–Trinajstić information content (AvgIpc) is 3.37. The summed E-state index contributed by atoms with van der Waals surface area (Å²) < 4.78 is 31.2. The highest BCUT2D eigenvalue weighted by molar-refractivity contribution is 5.70. The molecule has 0 N–H and O–H groups in total. The largest absolute Gasteiger partial charge is 0.465 e. The lowest BCUT2D eigenvalue weighted by Crippen LogP contribution is -2.61. The topological polar surface area (TPSA) is 101 Å². The summed E-state index contributed by atoms with van der Waals surface area (Å²) in [4.78, 5) is 42.5. The van der Waals surface area contributed by atoms with Crippen molar-refractivity contribution in [3.8, 4) is 0 Å². The number of carbonyl (C=O) groups excluding carboxylic acids is 3. The molecule has 4 rings (SSSR count). The Morgan fingerprint density at radius 1 is 0.458 bits per heavy atom. The van der Waals surface area contributed by atoms with Crippen LogP contribution >= 0.6 is 0 Å². The molecule has 72 heavy (non-hydrogen) atoms. The molecule has 418 valence electrons. The van der Waals surface area contributed by atoms with Gasteiger partial charge in [0.1, 0.15) is 0 Å². The monoisotopic (exact) mass is 1010 g/mol. The van der Waals surface area contributed by atoms with Gasteiger partial charge in [0, 0.05) is 48.7 Å².